The number of rotatable bonds is 3. The molecule has 0 aromatic heterocycles. The Bertz CT molecular complexity index is 474. The minimum atomic E-state index is -4.96. The van der Waals surface area contributed by atoms with Crippen LogP contribution in [0.3, 0.4) is 0 Å². The Balaban J connectivity index is 0.00000400. The predicted molar refractivity (Wildman–Crippen MR) is 72.7 cm³/mol. The van der Waals surface area contributed by atoms with Crippen LogP contribution in [0.2, 0.25) is 0 Å². The molecule has 0 aliphatic rings. The SMILES string of the molecule is CC(C)(C)[C@@H](O)[C@@H](N)c1ccc(OC(F)(F)F)c(F)c1.Cl. The van der Waals surface area contributed by atoms with Gasteiger partial charge >= 0.3 is 6.36 Å². The summed E-state index contributed by atoms with van der Waals surface area (Å²) >= 11 is 0. The van der Waals surface area contributed by atoms with E-state index in [-0.39, 0.29) is 18.0 Å². The summed E-state index contributed by atoms with van der Waals surface area (Å²) in [7, 11) is 0. The van der Waals surface area contributed by atoms with Gasteiger partial charge < -0.3 is 15.6 Å². The molecular formula is C13H18ClF4NO2. The fourth-order valence-electron chi connectivity index (χ4n) is 1.65. The molecule has 8 heteroatoms. The summed E-state index contributed by atoms with van der Waals surface area (Å²) in [6, 6.07) is 1.96. The molecule has 0 aliphatic heterocycles. The molecule has 1 aromatic rings. The van der Waals surface area contributed by atoms with E-state index in [9.17, 15) is 22.7 Å². The molecule has 1 aromatic carbocycles. The van der Waals surface area contributed by atoms with Crippen LogP contribution < -0.4 is 10.5 Å². The van der Waals surface area contributed by atoms with E-state index < -0.39 is 35.5 Å². The van der Waals surface area contributed by atoms with Crippen molar-refractivity contribution in [2.75, 3.05) is 0 Å². The number of benzene rings is 1. The summed E-state index contributed by atoms with van der Waals surface area (Å²) in [6.07, 6.45) is -5.94. The average Bonchev–Trinajstić information content (AvgIpc) is 2.27. The van der Waals surface area contributed by atoms with Gasteiger partial charge in [0.15, 0.2) is 11.6 Å². The first-order valence-corrected chi connectivity index (χ1v) is 5.90. The summed E-state index contributed by atoms with van der Waals surface area (Å²) in [4.78, 5) is 0. The molecule has 0 heterocycles. The molecule has 2 atom stereocenters. The van der Waals surface area contributed by atoms with E-state index in [0.717, 1.165) is 12.1 Å². The van der Waals surface area contributed by atoms with Crippen LogP contribution >= 0.6 is 12.4 Å². The van der Waals surface area contributed by atoms with Crippen LogP contribution in [0, 0.1) is 11.2 Å². The van der Waals surface area contributed by atoms with Crippen LogP contribution in [0.25, 0.3) is 0 Å². The van der Waals surface area contributed by atoms with Gasteiger partial charge in [-0.3, -0.25) is 0 Å². The predicted octanol–water partition coefficient (Wildman–Crippen LogP) is 3.55. The molecule has 0 radical (unpaired) electrons. The second-order valence-corrected chi connectivity index (χ2v) is 5.57. The molecule has 0 amide bonds. The highest BCUT2D eigenvalue weighted by Crippen LogP contribution is 2.31. The van der Waals surface area contributed by atoms with Crippen LogP contribution in [0.5, 0.6) is 5.75 Å². The minimum absolute atomic E-state index is 0. The van der Waals surface area contributed by atoms with Crippen LogP contribution in [0.15, 0.2) is 18.2 Å². The maximum absolute atomic E-state index is 13.5. The van der Waals surface area contributed by atoms with E-state index in [4.69, 9.17) is 5.73 Å². The lowest BCUT2D eigenvalue weighted by atomic mass is 9.82. The number of hydrogen-bond donors (Lipinski definition) is 2. The van der Waals surface area contributed by atoms with Crippen molar-refractivity contribution < 1.29 is 27.4 Å². The van der Waals surface area contributed by atoms with Crippen LogP contribution in [0.4, 0.5) is 17.6 Å². The van der Waals surface area contributed by atoms with Gasteiger partial charge in [-0.25, -0.2) is 4.39 Å². The minimum Gasteiger partial charge on any atom is -0.403 e. The number of ether oxygens (including phenoxy) is 1. The molecule has 0 saturated carbocycles. The summed E-state index contributed by atoms with van der Waals surface area (Å²) in [6.45, 7) is 5.24. The monoisotopic (exact) mass is 331 g/mol. The Morgan fingerprint density at radius 1 is 1.19 bits per heavy atom. The second-order valence-electron chi connectivity index (χ2n) is 5.57. The molecule has 3 nitrogen and oxygen atoms in total. The largest absolute Gasteiger partial charge is 0.573 e. The number of nitrogens with two attached hydrogens (primary N) is 1. The van der Waals surface area contributed by atoms with Gasteiger partial charge in [-0.1, -0.05) is 26.8 Å². The maximum Gasteiger partial charge on any atom is 0.573 e. The smallest absolute Gasteiger partial charge is 0.403 e. The van der Waals surface area contributed by atoms with Gasteiger partial charge in [0.1, 0.15) is 0 Å². The van der Waals surface area contributed by atoms with Crippen molar-refractivity contribution in [1.29, 1.82) is 0 Å². The van der Waals surface area contributed by atoms with E-state index in [2.05, 4.69) is 4.74 Å². The average molecular weight is 332 g/mol. The van der Waals surface area contributed by atoms with Crippen molar-refractivity contribution in [3.63, 3.8) is 0 Å². The summed E-state index contributed by atoms with van der Waals surface area (Å²) in [5.41, 5.74) is 5.44. The van der Waals surface area contributed by atoms with Crippen LogP contribution in [0.1, 0.15) is 32.4 Å². The molecule has 3 N–H and O–H groups in total. The van der Waals surface area contributed by atoms with E-state index in [0.29, 0.717) is 0 Å². The molecule has 122 valence electrons. The fourth-order valence-corrected chi connectivity index (χ4v) is 1.65. The third kappa shape index (κ3) is 5.68. The highest BCUT2D eigenvalue weighted by molar-refractivity contribution is 5.85. The highest BCUT2D eigenvalue weighted by atomic mass is 35.5. The number of hydrogen-bond acceptors (Lipinski definition) is 3. The molecule has 0 aliphatic carbocycles. The van der Waals surface area contributed by atoms with Crippen molar-refractivity contribution in [3.8, 4) is 5.75 Å². The first kappa shape index (κ1) is 19.9. The van der Waals surface area contributed by atoms with Gasteiger partial charge in [0.25, 0.3) is 0 Å². The molecule has 0 bridgehead atoms. The molecule has 1 rings (SSSR count). The van der Waals surface area contributed by atoms with Gasteiger partial charge in [0.2, 0.25) is 0 Å². The van der Waals surface area contributed by atoms with Crippen LogP contribution in [-0.4, -0.2) is 17.6 Å². The first-order valence-electron chi connectivity index (χ1n) is 5.90. The molecule has 21 heavy (non-hydrogen) atoms. The third-order valence-corrected chi connectivity index (χ3v) is 2.79. The Labute approximate surface area is 126 Å². The van der Waals surface area contributed by atoms with Crippen molar-refractivity contribution in [2.45, 2.75) is 39.3 Å². The number of aliphatic hydroxyl groups is 1. The van der Waals surface area contributed by atoms with Crippen molar-refractivity contribution in [2.24, 2.45) is 11.1 Å². The van der Waals surface area contributed by atoms with Gasteiger partial charge in [-0.2, -0.15) is 0 Å². The molecular weight excluding hydrogens is 314 g/mol. The number of aliphatic hydroxyl groups excluding tert-OH is 1. The van der Waals surface area contributed by atoms with Crippen molar-refractivity contribution in [3.05, 3.63) is 29.6 Å². The number of alkyl halides is 3. The lowest BCUT2D eigenvalue weighted by molar-refractivity contribution is -0.275. The zero-order chi connectivity index (χ0) is 15.7. The quantitative estimate of drug-likeness (QED) is 0.833. The highest BCUT2D eigenvalue weighted by Gasteiger charge is 2.33. The zero-order valence-corrected chi connectivity index (χ0v) is 12.6. The maximum atomic E-state index is 13.5. The Morgan fingerprint density at radius 2 is 1.71 bits per heavy atom. The Kier molecular flexibility index (Phi) is 6.47. The standard InChI is InChI=1S/C13H17F4NO2.ClH/c1-12(2,3)11(19)10(18)7-4-5-9(8(14)6-7)20-13(15,16)17;/h4-6,10-11,19H,18H2,1-3H3;1H/t10-,11-;/m0./s1. The zero-order valence-electron chi connectivity index (χ0n) is 11.7. The van der Waals surface area contributed by atoms with Gasteiger partial charge in [0.05, 0.1) is 12.1 Å². The summed E-state index contributed by atoms with van der Waals surface area (Å²) in [5.74, 6) is -2.12. The van der Waals surface area contributed by atoms with E-state index in [1.165, 1.54) is 6.07 Å². The van der Waals surface area contributed by atoms with E-state index in [1.54, 1.807) is 20.8 Å². The summed E-state index contributed by atoms with van der Waals surface area (Å²) < 4.78 is 53.1. The van der Waals surface area contributed by atoms with Crippen molar-refractivity contribution in [1.82, 2.24) is 0 Å². The van der Waals surface area contributed by atoms with E-state index >= 15 is 0 Å². The molecule has 0 saturated heterocycles. The van der Waals surface area contributed by atoms with Gasteiger partial charge in [-0.05, 0) is 23.1 Å². The number of halogens is 5. The lowest BCUT2D eigenvalue weighted by Crippen LogP contribution is -2.37. The Hall–Kier alpha value is -1.05. The van der Waals surface area contributed by atoms with Crippen molar-refractivity contribution >= 4 is 12.4 Å². The lowest BCUT2D eigenvalue weighted by Gasteiger charge is -2.31. The van der Waals surface area contributed by atoms with Gasteiger partial charge in [-0.15, -0.1) is 25.6 Å². The second kappa shape index (κ2) is 6.81. The van der Waals surface area contributed by atoms with E-state index in [1.807, 2.05) is 0 Å². The van der Waals surface area contributed by atoms with Gasteiger partial charge in [0, 0.05) is 0 Å². The summed E-state index contributed by atoms with van der Waals surface area (Å²) in [5, 5.41) is 10.00. The molecule has 0 fully saturated rings. The van der Waals surface area contributed by atoms with Crippen LogP contribution in [-0.2, 0) is 0 Å². The molecule has 0 unspecified atom stereocenters. The normalized spacial score (nSPS) is 15.1. The fraction of sp³-hybridized carbons (Fsp3) is 0.538. The third-order valence-electron chi connectivity index (χ3n) is 2.79. The topological polar surface area (TPSA) is 55.5 Å². The first-order chi connectivity index (χ1) is 8.92. The Morgan fingerprint density at radius 3 is 2.10 bits per heavy atom. The molecule has 0 spiro atoms.